The van der Waals surface area contributed by atoms with Gasteiger partial charge in [-0.3, -0.25) is 0 Å². The Morgan fingerprint density at radius 3 is 2.78 bits per heavy atom. The molecule has 0 spiro atoms. The maximum absolute atomic E-state index is 5.78. The average molecular weight is 307 g/mol. The average Bonchev–Trinajstić information content (AvgIpc) is 2.74. The minimum atomic E-state index is 0.524. The first-order valence-corrected chi connectivity index (χ1v) is 8.60. The minimum absolute atomic E-state index is 0.524. The molecule has 2 aliphatic rings. The fourth-order valence-corrected chi connectivity index (χ4v) is 2.64. The predicted octanol–water partition coefficient (Wildman–Crippen LogP) is 5.56. The lowest BCUT2D eigenvalue weighted by molar-refractivity contribution is 0.865. The van der Waals surface area contributed by atoms with Crippen molar-refractivity contribution in [3.63, 3.8) is 0 Å². The summed E-state index contributed by atoms with van der Waals surface area (Å²) in [5, 5.41) is 0. The van der Waals surface area contributed by atoms with Crippen molar-refractivity contribution in [3.8, 4) is 0 Å². The van der Waals surface area contributed by atoms with Crippen molar-refractivity contribution < 1.29 is 0 Å². The molecule has 0 saturated carbocycles. The van der Waals surface area contributed by atoms with Crippen LogP contribution in [0.5, 0.6) is 0 Å². The summed E-state index contributed by atoms with van der Waals surface area (Å²) in [6, 6.07) is 0. The molecule has 2 aliphatic carbocycles. The maximum Gasteiger partial charge on any atom is 0.0137 e. The molecular weight excluding hydrogens is 278 g/mol. The topological polar surface area (TPSA) is 26.0 Å². The molecule has 0 bridgehead atoms. The van der Waals surface area contributed by atoms with Crippen LogP contribution in [-0.2, 0) is 0 Å². The zero-order valence-electron chi connectivity index (χ0n) is 14.7. The summed E-state index contributed by atoms with van der Waals surface area (Å²) >= 11 is 0. The molecule has 0 aliphatic heterocycles. The first-order chi connectivity index (χ1) is 11.1. The second-order valence-corrected chi connectivity index (χ2v) is 6.50. The monoisotopic (exact) mass is 307 g/mol. The number of hydrogen-bond acceptors (Lipinski definition) is 1. The Hall–Kier alpha value is -1.86. The lowest BCUT2D eigenvalue weighted by Crippen LogP contribution is -2.01. The van der Waals surface area contributed by atoms with Crippen LogP contribution in [0.25, 0.3) is 0 Å². The molecule has 122 valence electrons. The molecule has 0 amide bonds. The first-order valence-electron chi connectivity index (χ1n) is 8.60. The molecule has 1 unspecified atom stereocenters. The molecule has 23 heavy (non-hydrogen) atoms. The van der Waals surface area contributed by atoms with E-state index in [0.717, 1.165) is 19.3 Å². The summed E-state index contributed by atoms with van der Waals surface area (Å²) in [4.78, 5) is 0. The lowest BCUT2D eigenvalue weighted by Gasteiger charge is -2.10. The molecule has 0 fully saturated rings. The highest BCUT2D eigenvalue weighted by molar-refractivity contribution is 5.49. The molecule has 0 aromatic rings. The first kappa shape index (κ1) is 17.5. The van der Waals surface area contributed by atoms with E-state index in [-0.39, 0.29) is 0 Å². The minimum Gasteiger partial charge on any atom is -0.327 e. The van der Waals surface area contributed by atoms with Gasteiger partial charge in [0.15, 0.2) is 0 Å². The van der Waals surface area contributed by atoms with Crippen molar-refractivity contribution in [1.29, 1.82) is 0 Å². The van der Waals surface area contributed by atoms with E-state index in [1.807, 2.05) is 0 Å². The summed E-state index contributed by atoms with van der Waals surface area (Å²) in [5.74, 6) is 0.524. The molecule has 0 saturated heterocycles. The predicted molar refractivity (Wildman–Crippen MR) is 102 cm³/mol. The van der Waals surface area contributed by atoms with E-state index in [0.29, 0.717) is 12.5 Å². The van der Waals surface area contributed by atoms with E-state index >= 15 is 0 Å². The molecule has 0 radical (unpaired) electrons. The maximum atomic E-state index is 5.78. The smallest absolute Gasteiger partial charge is 0.0137 e. The van der Waals surface area contributed by atoms with Crippen LogP contribution in [0.4, 0.5) is 0 Å². The highest BCUT2D eigenvalue weighted by atomic mass is 14.5. The second-order valence-electron chi connectivity index (χ2n) is 6.50. The van der Waals surface area contributed by atoms with Crippen LogP contribution in [0.15, 0.2) is 82.5 Å². The molecule has 2 rings (SSSR count). The fourth-order valence-electron chi connectivity index (χ4n) is 2.64. The fraction of sp³-hybridized carbons (Fsp3) is 0.364. The highest BCUT2D eigenvalue weighted by Crippen LogP contribution is 2.24. The summed E-state index contributed by atoms with van der Waals surface area (Å²) in [6.45, 7) is 7.14. The summed E-state index contributed by atoms with van der Waals surface area (Å²) < 4.78 is 0. The van der Waals surface area contributed by atoms with Gasteiger partial charge >= 0.3 is 0 Å². The van der Waals surface area contributed by atoms with Gasteiger partial charge < -0.3 is 5.73 Å². The summed E-state index contributed by atoms with van der Waals surface area (Å²) in [5.41, 5.74) is 12.4. The van der Waals surface area contributed by atoms with E-state index in [9.17, 15) is 0 Å². The van der Waals surface area contributed by atoms with Gasteiger partial charge in [-0.05, 0) is 55.7 Å². The summed E-state index contributed by atoms with van der Waals surface area (Å²) in [6.07, 6.45) is 23.6. The Bertz CT molecular complexity index is 633. The number of rotatable bonds is 5. The van der Waals surface area contributed by atoms with Crippen molar-refractivity contribution in [1.82, 2.24) is 0 Å². The molecule has 0 heterocycles. The third-order valence-electron chi connectivity index (χ3n) is 4.49. The molecule has 1 nitrogen and oxygen atoms in total. The van der Waals surface area contributed by atoms with Gasteiger partial charge in [-0.1, -0.05) is 72.8 Å². The third-order valence-corrected chi connectivity index (χ3v) is 4.49. The van der Waals surface area contributed by atoms with Crippen LogP contribution in [0.1, 0.15) is 40.0 Å². The van der Waals surface area contributed by atoms with Gasteiger partial charge in [-0.25, -0.2) is 0 Å². The number of allylic oxidation sites excluding steroid dienone is 13. The number of hydrogen-bond donors (Lipinski definition) is 1. The van der Waals surface area contributed by atoms with Crippen LogP contribution < -0.4 is 5.73 Å². The van der Waals surface area contributed by atoms with Gasteiger partial charge in [0.1, 0.15) is 0 Å². The second kappa shape index (κ2) is 8.69. The van der Waals surface area contributed by atoms with Crippen molar-refractivity contribution in [2.75, 3.05) is 6.54 Å². The molecule has 1 atom stereocenters. The van der Waals surface area contributed by atoms with Crippen molar-refractivity contribution in [2.45, 2.75) is 40.0 Å². The molecule has 0 aromatic carbocycles. The Balaban J connectivity index is 2.22. The van der Waals surface area contributed by atoms with E-state index in [2.05, 4.69) is 75.5 Å². The Morgan fingerprint density at radius 1 is 1.26 bits per heavy atom. The normalized spacial score (nSPS) is 22.4. The lowest BCUT2D eigenvalue weighted by atomic mass is 9.96. The van der Waals surface area contributed by atoms with E-state index in [4.69, 9.17) is 5.73 Å². The highest BCUT2D eigenvalue weighted by Gasteiger charge is 2.05. The summed E-state index contributed by atoms with van der Waals surface area (Å²) in [7, 11) is 0. The van der Waals surface area contributed by atoms with Crippen LogP contribution in [-0.4, -0.2) is 6.54 Å². The van der Waals surface area contributed by atoms with E-state index in [1.54, 1.807) is 0 Å². The van der Waals surface area contributed by atoms with Gasteiger partial charge in [-0.15, -0.1) is 0 Å². The van der Waals surface area contributed by atoms with Gasteiger partial charge in [0.25, 0.3) is 0 Å². The largest absolute Gasteiger partial charge is 0.327 e. The van der Waals surface area contributed by atoms with E-state index < -0.39 is 0 Å². The molecule has 0 aromatic heterocycles. The Labute approximate surface area is 141 Å². The zero-order valence-corrected chi connectivity index (χ0v) is 14.7. The van der Waals surface area contributed by atoms with Gasteiger partial charge in [-0.2, -0.15) is 0 Å². The van der Waals surface area contributed by atoms with Crippen LogP contribution in [0.2, 0.25) is 0 Å². The molecule has 1 heteroatoms. The Kier molecular flexibility index (Phi) is 6.61. The van der Waals surface area contributed by atoms with Crippen LogP contribution in [0, 0.1) is 5.92 Å². The van der Waals surface area contributed by atoms with Crippen LogP contribution in [0.3, 0.4) is 0 Å². The van der Waals surface area contributed by atoms with Crippen molar-refractivity contribution >= 4 is 0 Å². The quantitative estimate of drug-likeness (QED) is 0.661. The van der Waals surface area contributed by atoms with Gasteiger partial charge in [0.2, 0.25) is 0 Å². The van der Waals surface area contributed by atoms with E-state index in [1.165, 1.54) is 27.9 Å². The Morgan fingerprint density at radius 2 is 2.09 bits per heavy atom. The zero-order chi connectivity index (χ0) is 16.7. The van der Waals surface area contributed by atoms with Crippen molar-refractivity contribution in [2.24, 2.45) is 11.7 Å². The standard InChI is InChI=1S/C22H29N/c1-17(16-23)15-22(21-7-5-4-6-8-21)14-13-20-11-9-18(2)19(3)10-12-20/h5,7-12,14-15,18H,4,6,13,16,23H2,1-3H3. The number of nitrogens with two attached hydrogens (primary N) is 1. The third kappa shape index (κ3) is 5.37. The SMILES string of the molecule is CC(=CC(=CCC1=CC=C(C)C(C)C=C1)C1=CCCC=C1)CN. The van der Waals surface area contributed by atoms with Gasteiger partial charge in [0, 0.05) is 6.54 Å². The van der Waals surface area contributed by atoms with Crippen molar-refractivity contribution in [3.05, 3.63) is 82.5 Å². The van der Waals surface area contributed by atoms with Crippen LogP contribution >= 0.6 is 0 Å². The molecule has 2 N–H and O–H groups in total. The molecular formula is C22H29N. The van der Waals surface area contributed by atoms with Gasteiger partial charge in [0.05, 0.1) is 0 Å².